The fraction of sp³-hybridized carbons (Fsp3) is 0. The second-order valence-electron chi connectivity index (χ2n) is 3.78. The number of nitrogens with one attached hydrogen (secondary N) is 2. The molecule has 1 heterocycles. The van der Waals surface area contributed by atoms with Gasteiger partial charge in [-0.2, -0.15) is 0 Å². The molecule has 0 unspecified atom stereocenters. The molecule has 20 heavy (non-hydrogen) atoms. The standard InChI is InChI=1S/C12H9ClF2N4O/c13-8-3-6(5-17-11(8)19-16)12(20)18-7-1-2-9(14)10(15)4-7/h1-5H,16H2,(H,17,19)(H,18,20). The maximum atomic E-state index is 13.0. The number of carbonyl (C=O) groups is 1. The molecule has 0 saturated carbocycles. The monoisotopic (exact) mass is 298 g/mol. The average molecular weight is 299 g/mol. The summed E-state index contributed by atoms with van der Waals surface area (Å²) < 4.78 is 25.8. The molecule has 4 N–H and O–H groups in total. The van der Waals surface area contributed by atoms with E-state index in [1.165, 1.54) is 18.3 Å². The molecule has 2 aromatic rings. The molecule has 1 aromatic heterocycles. The Balaban J connectivity index is 2.19. The van der Waals surface area contributed by atoms with Gasteiger partial charge in [0.05, 0.1) is 10.6 Å². The van der Waals surface area contributed by atoms with E-state index < -0.39 is 17.5 Å². The van der Waals surface area contributed by atoms with Crippen LogP contribution in [0.25, 0.3) is 0 Å². The Morgan fingerprint density at radius 3 is 2.60 bits per heavy atom. The highest BCUT2D eigenvalue weighted by Gasteiger charge is 2.11. The van der Waals surface area contributed by atoms with Gasteiger partial charge in [0.2, 0.25) is 0 Å². The number of amides is 1. The Bertz CT molecular complexity index is 666. The van der Waals surface area contributed by atoms with Gasteiger partial charge in [0.1, 0.15) is 0 Å². The fourth-order valence-electron chi connectivity index (χ4n) is 1.45. The Hall–Kier alpha value is -2.25. The molecule has 0 bridgehead atoms. The Morgan fingerprint density at radius 2 is 2.00 bits per heavy atom. The summed E-state index contributed by atoms with van der Waals surface area (Å²) in [4.78, 5) is 15.7. The average Bonchev–Trinajstić information content (AvgIpc) is 2.42. The van der Waals surface area contributed by atoms with Crippen LogP contribution < -0.4 is 16.6 Å². The molecule has 0 radical (unpaired) electrons. The van der Waals surface area contributed by atoms with E-state index >= 15 is 0 Å². The first-order valence-electron chi connectivity index (χ1n) is 5.40. The van der Waals surface area contributed by atoms with E-state index in [1.807, 2.05) is 0 Å². The van der Waals surface area contributed by atoms with Crippen LogP contribution in [0.5, 0.6) is 0 Å². The minimum Gasteiger partial charge on any atom is -0.322 e. The van der Waals surface area contributed by atoms with Crippen LogP contribution in [0.15, 0.2) is 30.5 Å². The zero-order chi connectivity index (χ0) is 14.7. The predicted octanol–water partition coefficient (Wildman–Crippen LogP) is 2.55. The summed E-state index contributed by atoms with van der Waals surface area (Å²) >= 11 is 5.83. The zero-order valence-electron chi connectivity index (χ0n) is 9.95. The van der Waals surface area contributed by atoms with Gasteiger partial charge < -0.3 is 10.7 Å². The molecule has 0 atom stereocenters. The maximum Gasteiger partial charge on any atom is 0.257 e. The van der Waals surface area contributed by atoms with Crippen molar-refractivity contribution in [1.29, 1.82) is 0 Å². The van der Waals surface area contributed by atoms with Gasteiger partial charge in [-0.25, -0.2) is 19.6 Å². The Labute approximate surface area is 117 Å². The lowest BCUT2D eigenvalue weighted by Crippen LogP contribution is -2.14. The van der Waals surface area contributed by atoms with Crippen molar-refractivity contribution in [3.63, 3.8) is 0 Å². The number of hydrogen-bond donors (Lipinski definition) is 3. The van der Waals surface area contributed by atoms with Gasteiger partial charge in [0.25, 0.3) is 5.91 Å². The van der Waals surface area contributed by atoms with Crippen molar-refractivity contribution in [2.24, 2.45) is 5.84 Å². The molecular weight excluding hydrogens is 290 g/mol. The molecule has 1 amide bonds. The molecule has 0 aliphatic carbocycles. The molecule has 104 valence electrons. The van der Waals surface area contributed by atoms with Crippen LogP contribution >= 0.6 is 11.6 Å². The number of nitrogens with zero attached hydrogens (tertiary/aromatic N) is 1. The lowest BCUT2D eigenvalue weighted by atomic mass is 10.2. The maximum absolute atomic E-state index is 13.0. The summed E-state index contributed by atoms with van der Waals surface area (Å²) in [5, 5.41) is 2.55. The highest BCUT2D eigenvalue weighted by Crippen LogP contribution is 2.20. The third-order valence-electron chi connectivity index (χ3n) is 2.42. The number of anilines is 2. The summed E-state index contributed by atoms with van der Waals surface area (Å²) in [5.74, 6) is 2.77. The van der Waals surface area contributed by atoms with E-state index in [-0.39, 0.29) is 22.1 Å². The summed E-state index contributed by atoms with van der Waals surface area (Å²) in [7, 11) is 0. The number of hydrazine groups is 1. The molecule has 0 aliphatic heterocycles. The van der Waals surface area contributed by atoms with Crippen molar-refractivity contribution in [2.75, 3.05) is 10.7 Å². The van der Waals surface area contributed by atoms with Crippen molar-refractivity contribution in [1.82, 2.24) is 4.98 Å². The number of pyridine rings is 1. The second kappa shape index (κ2) is 5.81. The first-order valence-corrected chi connectivity index (χ1v) is 5.77. The predicted molar refractivity (Wildman–Crippen MR) is 71.4 cm³/mol. The topological polar surface area (TPSA) is 80.0 Å². The number of carbonyl (C=O) groups excluding carboxylic acids is 1. The molecular formula is C12H9ClF2N4O. The van der Waals surface area contributed by atoms with Crippen LogP contribution in [0.2, 0.25) is 5.02 Å². The highest BCUT2D eigenvalue weighted by molar-refractivity contribution is 6.33. The number of hydrogen-bond acceptors (Lipinski definition) is 4. The van der Waals surface area contributed by atoms with E-state index in [4.69, 9.17) is 17.4 Å². The smallest absolute Gasteiger partial charge is 0.257 e. The molecule has 5 nitrogen and oxygen atoms in total. The van der Waals surface area contributed by atoms with E-state index in [0.717, 1.165) is 12.1 Å². The van der Waals surface area contributed by atoms with Crippen LogP contribution in [0.1, 0.15) is 10.4 Å². The summed E-state index contributed by atoms with van der Waals surface area (Å²) in [6.07, 6.45) is 1.25. The minimum atomic E-state index is -1.05. The fourth-order valence-corrected chi connectivity index (χ4v) is 1.67. The molecule has 2 rings (SSSR count). The Kier molecular flexibility index (Phi) is 4.11. The van der Waals surface area contributed by atoms with E-state index in [9.17, 15) is 13.6 Å². The summed E-state index contributed by atoms with van der Waals surface area (Å²) in [5.41, 5.74) is 2.53. The zero-order valence-corrected chi connectivity index (χ0v) is 10.7. The lowest BCUT2D eigenvalue weighted by molar-refractivity contribution is 0.102. The quantitative estimate of drug-likeness (QED) is 0.601. The van der Waals surface area contributed by atoms with Crippen LogP contribution in [-0.2, 0) is 0 Å². The van der Waals surface area contributed by atoms with Gasteiger partial charge in [0.15, 0.2) is 17.5 Å². The van der Waals surface area contributed by atoms with Gasteiger partial charge in [-0.05, 0) is 18.2 Å². The van der Waals surface area contributed by atoms with Gasteiger partial charge >= 0.3 is 0 Å². The number of rotatable bonds is 3. The number of nitrogens with two attached hydrogens (primary N) is 1. The molecule has 0 fully saturated rings. The summed E-state index contributed by atoms with van der Waals surface area (Å²) in [6.45, 7) is 0. The third-order valence-corrected chi connectivity index (χ3v) is 2.71. The van der Waals surface area contributed by atoms with E-state index in [1.54, 1.807) is 0 Å². The van der Waals surface area contributed by atoms with Gasteiger partial charge in [-0.1, -0.05) is 11.6 Å². The summed E-state index contributed by atoms with van der Waals surface area (Å²) in [6, 6.07) is 4.37. The van der Waals surface area contributed by atoms with Crippen LogP contribution in [-0.4, -0.2) is 10.9 Å². The molecule has 0 spiro atoms. The van der Waals surface area contributed by atoms with E-state index in [2.05, 4.69) is 15.7 Å². The van der Waals surface area contributed by atoms with Gasteiger partial charge in [-0.3, -0.25) is 4.79 Å². The molecule has 0 aliphatic rings. The van der Waals surface area contributed by atoms with E-state index in [0.29, 0.717) is 0 Å². The Morgan fingerprint density at radius 1 is 1.25 bits per heavy atom. The minimum absolute atomic E-state index is 0.117. The SMILES string of the molecule is NNc1ncc(C(=O)Nc2ccc(F)c(F)c2)cc1Cl. The van der Waals surface area contributed by atoms with Crippen LogP contribution in [0.3, 0.4) is 0 Å². The number of nitrogen functional groups attached to an aromatic ring is 1. The van der Waals surface area contributed by atoms with Crippen molar-refractivity contribution >= 4 is 29.0 Å². The molecule has 8 heteroatoms. The normalized spacial score (nSPS) is 10.2. The second-order valence-corrected chi connectivity index (χ2v) is 4.19. The van der Waals surface area contributed by atoms with Gasteiger partial charge in [-0.15, -0.1) is 0 Å². The third kappa shape index (κ3) is 3.01. The molecule has 0 saturated heterocycles. The lowest BCUT2D eigenvalue weighted by Gasteiger charge is -2.07. The highest BCUT2D eigenvalue weighted by atomic mass is 35.5. The van der Waals surface area contributed by atoms with Crippen molar-refractivity contribution in [2.45, 2.75) is 0 Å². The van der Waals surface area contributed by atoms with Crippen LogP contribution in [0.4, 0.5) is 20.3 Å². The number of aromatic nitrogens is 1. The van der Waals surface area contributed by atoms with Gasteiger partial charge in [0, 0.05) is 18.0 Å². The number of halogens is 3. The molecule has 1 aromatic carbocycles. The number of benzene rings is 1. The van der Waals surface area contributed by atoms with Crippen molar-refractivity contribution < 1.29 is 13.6 Å². The largest absolute Gasteiger partial charge is 0.322 e. The van der Waals surface area contributed by atoms with Crippen LogP contribution in [0, 0.1) is 11.6 Å². The first-order chi connectivity index (χ1) is 9.51. The van der Waals surface area contributed by atoms with Crippen molar-refractivity contribution in [3.05, 3.63) is 52.7 Å². The van der Waals surface area contributed by atoms with Crippen molar-refractivity contribution in [3.8, 4) is 0 Å². The first kappa shape index (κ1) is 14.2.